The van der Waals surface area contributed by atoms with E-state index < -0.39 is 0 Å². The van der Waals surface area contributed by atoms with E-state index in [2.05, 4.69) is 22.0 Å². The third-order valence-corrected chi connectivity index (χ3v) is 5.47. The third-order valence-electron chi connectivity index (χ3n) is 5.47. The second-order valence-electron chi connectivity index (χ2n) is 7.85. The molecule has 0 radical (unpaired) electrons. The molecule has 0 amide bonds. The minimum Gasteiger partial charge on any atom is -0.379 e. The molecule has 2 fully saturated rings. The summed E-state index contributed by atoms with van der Waals surface area (Å²) in [6.45, 7) is 9.06. The first kappa shape index (κ1) is 25.3. The summed E-state index contributed by atoms with van der Waals surface area (Å²) in [4.78, 5) is 9.41. The van der Waals surface area contributed by atoms with Gasteiger partial charge in [-0.15, -0.1) is 24.0 Å². The summed E-state index contributed by atoms with van der Waals surface area (Å²) in [5.74, 6) is 1.45. The quantitative estimate of drug-likeness (QED) is 0.217. The Morgan fingerprint density at radius 3 is 2.63 bits per heavy atom. The molecular weight excluding hydrogens is 498 g/mol. The monoisotopic (exact) mass is 534 g/mol. The summed E-state index contributed by atoms with van der Waals surface area (Å²) in [6.07, 6.45) is 2.62. The number of aliphatic imine (C=N–C) groups is 1. The maximum Gasteiger partial charge on any atom is 0.193 e. The first-order valence-electron chi connectivity index (χ1n) is 10.8. The molecule has 1 saturated heterocycles. The lowest BCUT2D eigenvalue weighted by Gasteiger charge is -2.34. The molecule has 170 valence electrons. The standard InChI is InChI=1S/C22H35FN4O2.HI/c1-3-24-22(26(2)10-13-29-17-18-4-5-18)25-16-21(27-11-14-28-15-12-27)19-6-8-20(23)9-7-19;/h6-9,18,21H,3-5,10-17H2,1-2H3,(H,24,25);1H. The normalized spacial score (nSPS) is 18.6. The Bertz CT molecular complexity index is 637. The number of morpholine rings is 1. The van der Waals surface area contributed by atoms with Crippen LogP contribution in [0.15, 0.2) is 29.3 Å². The molecular formula is C22H36FIN4O2. The van der Waals surface area contributed by atoms with Crippen LogP contribution >= 0.6 is 24.0 Å². The first-order chi connectivity index (χ1) is 14.2. The Morgan fingerprint density at radius 1 is 1.30 bits per heavy atom. The topological polar surface area (TPSA) is 49.3 Å². The molecule has 1 aliphatic heterocycles. The van der Waals surface area contributed by atoms with Gasteiger partial charge in [-0.3, -0.25) is 9.89 Å². The van der Waals surface area contributed by atoms with Crippen molar-refractivity contribution in [2.75, 3.05) is 66.2 Å². The van der Waals surface area contributed by atoms with Gasteiger partial charge in [0.2, 0.25) is 0 Å². The molecule has 1 atom stereocenters. The molecule has 1 unspecified atom stereocenters. The van der Waals surface area contributed by atoms with Gasteiger partial charge in [-0.2, -0.15) is 0 Å². The Hall–Kier alpha value is -0.970. The lowest BCUT2D eigenvalue weighted by molar-refractivity contribution is 0.0179. The fraction of sp³-hybridized carbons (Fsp3) is 0.682. The summed E-state index contributed by atoms with van der Waals surface area (Å²) in [6, 6.07) is 6.90. The summed E-state index contributed by atoms with van der Waals surface area (Å²) >= 11 is 0. The van der Waals surface area contributed by atoms with Crippen LogP contribution in [0.4, 0.5) is 4.39 Å². The van der Waals surface area contributed by atoms with Gasteiger partial charge < -0.3 is 19.7 Å². The predicted octanol–water partition coefficient (Wildman–Crippen LogP) is 3.14. The van der Waals surface area contributed by atoms with E-state index in [1.807, 2.05) is 19.2 Å². The van der Waals surface area contributed by atoms with Crippen LogP contribution in [0.2, 0.25) is 0 Å². The Balaban J connectivity index is 0.00000320. The van der Waals surface area contributed by atoms with Gasteiger partial charge in [-0.05, 0) is 43.4 Å². The van der Waals surface area contributed by atoms with Gasteiger partial charge in [0.1, 0.15) is 5.82 Å². The Kier molecular flexibility index (Phi) is 11.3. The molecule has 3 rings (SSSR count). The van der Waals surface area contributed by atoms with E-state index in [1.54, 1.807) is 0 Å². The van der Waals surface area contributed by atoms with Crippen molar-refractivity contribution >= 4 is 29.9 Å². The molecule has 0 aromatic heterocycles. The van der Waals surface area contributed by atoms with Crippen molar-refractivity contribution < 1.29 is 13.9 Å². The number of ether oxygens (including phenoxy) is 2. The lowest BCUT2D eigenvalue weighted by atomic mass is 10.0. The molecule has 0 bridgehead atoms. The average molecular weight is 534 g/mol. The summed E-state index contributed by atoms with van der Waals surface area (Å²) in [7, 11) is 2.05. The Morgan fingerprint density at radius 2 is 2.00 bits per heavy atom. The van der Waals surface area contributed by atoms with Crippen molar-refractivity contribution in [1.29, 1.82) is 0 Å². The smallest absolute Gasteiger partial charge is 0.193 e. The van der Waals surface area contributed by atoms with E-state index in [1.165, 1.54) is 25.0 Å². The lowest BCUT2D eigenvalue weighted by Crippen LogP contribution is -2.43. The van der Waals surface area contributed by atoms with Crippen LogP contribution in [0.1, 0.15) is 31.4 Å². The van der Waals surface area contributed by atoms with Crippen molar-refractivity contribution in [2.24, 2.45) is 10.9 Å². The number of likely N-dealkylation sites (N-methyl/N-ethyl adjacent to an activating group) is 1. The number of guanidine groups is 1. The second kappa shape index (κ2) is 13.4. The van der Waals surface area contributed by atoms with E-state index in [0.29, 0.717) is 13.2 Å². The first-order valence-corrected chi connectivity index (χ1v) is 10.8. The largest absolute Gasteiger partial charge is 0.379 e. The minimum atomic E-state index is -0.211. The molecule has 1 aromatic rings. The van der Waals surface area contributed by atoms with Crippen molar-refractivity contribution in [3.05, 3.63) is 35.6 Å². The number of rotatable bonds is 10. The molecule has 30 heavy (non-hydrogen) atoms. The maximum atomic E-state index is 13.4. The van der Waals surface area contributed by atoms with E-state index in [4.69, 9.17) is 14.5 Å². The van der Waals surface area contributed by atoms with E-state index >= 15 is 0 Å². The van der Waals surface area contributed by atoms with Crippen molar-refractivity contribution in [3.63, 3.8) is 0 Å². The highest BCUT2D eigenvalue weighted by Gasteiger charge is 2.23. The molecule has 6 nitrogen and oxygen atoms in total. The zero-order chi connectivity index (χ0) is 20.5. The number of hydrogen-bond donors (Lipinski definition) is 1. The zero-order valence-corrected chi connectivity index (χ0v) is 20.5. The van der Waals surface area contributed by atoms with Crippen LogP contribution in [0.5, 0.6) is 0 Å². The van der Waals surface area contributed by atoms with Crippen molar-refractivity contribution in [2.45, 2.75) is 25.8 Å². The molecule has 1 saturated carbocycles. The highest BCUT2D eigenvalue weighted by molar-refractivity contribution is 14.0. The molecule has 1 aliphatic carbocycles. The van der Waals surface area contributed by atoms with Gasteiger partial charge in [-0.25, -0.2) is 4.39 Å². The predicted molar refractivity (Wildman–Crippen MR) is 129 cm³/mol. The zero-order valence-electron chi connectivity index (χ0n) is 18.2. The highest BCUT2D eigenvalue weighted by Crippen LogP contribution is 2.28. The van der Waals surface area contributed by atoms with Gasteiger partial charge in [-0.1, -0.05) is 12.1 Å². The van der Waals surface area contributed by atoms with Crippen LogP contribution in [0.3, 0.4) is 0 Å². The van der Waals surface area contributed by atoms with Crippen LogP contribution in [-0.4, -0.2) is 82.0 Å². The summed E-state index contributed by atoms with van der Waals surface area (Å²) < 4.78 is 24.7. The molecule has 2 aliphatic rings. The number of benzene rings is 1. The second-order valence-corrected chi connectivity index (χ2v) is 7.85. The molecule has 1 heterocycles. The number of nitrogens with one attached hydrogen (secondary N) is 1. The summed E-state index contributed by atoms with van der Waals surface area (Å²) in [5.41, 5.74) is 1.09. The van der Waals surface area contributed by atoms with Gasteiger partial charge in [0.05, 0.1) is 32.4 Å². The maximum absolute atomic E-state index is 13.4. The fourth-order valence-corrected chi connectivity index (χ4v) is 3.49. The van der Waals surface area contributed by atoms with Crippen LogP contribution in [0, 0.1) is 11.7 Å². The number of nitrogens with zero attached hydrogens (tertiary/aromatic N) is 3. The van der Waals surface area contributed by atoms with E-state index in [9.17, 15) is 4.39 Å². The van der Waals surface area contributed by atoms with Crippen LogP contribution < -0.4 is 5.32 Å². The SMILES string of the molecule is CCNC(=NCC(c1ccc(F)cc1)N1CCOCC1)N(C)CCOCC1CC1.I. The van der Waals surface area contributed by atoms with Gasteiger partial charge in [0.25, 0.3) is 0 Å². The van der Waals surface area contributed by atoms with Crippen LogP contribution in [0.25, 0.3) is 0 Å². The van der Waals surface area contributed by atoms with Crippen LogP contribution in [-0.2, 0) is 9.47 Å². The molecule has 8 heteroatoms. The Labute approximate surface area is 197 Å². The molecule has 1 aromatic carbocycles. The highest BCUT2D eigenvalue weighted by atomic mass is 127. The minimum absolute atomic E-state index is 0. The third kappa shape index (κ3) is 8.28. The van der Waals surface area contributed by atoms with Crippen molar-refractivity contribution in [3.8, 4) is 0 Å². The number of hydrogen-bond acceptors (Lipinski definition) is 4. The van der Waals surface area contributed by atoms with Gasteiger partial charge >= 0.3 is 0 Å². The van der Waals surface area contributed by atoms with Gasteiger partial charge in [0.15, 0.2) is 5.96 Å². The van der Waals surface area contributed by atoms with E-state index in [0.717, 1.165) is 63.4 Å². The fourth-order valence-electron chi connectivity index (χ4n) is 3.49. The van der Waals surface area contributed by atoms with Crippen molar-refractivity contribution in [1.82, 2.24) is 15.1 Å². The molecule has 0 spiro atoms. The van der Waals surface area contributed by atoms with Gasteiger partial charge in [0, 0.05) is 39.8 Å². The number of halogens is 2. The average Bonchev–Trinajstić information content (AvgIpc) is 3.57. The molecule has 1 N–H and O–H groups in total. The summed E-state index contributed by atoms with van der Waals surface area (Å²) in [5, 5.41) is 3.38. The van der Waals surface area contributed by atoms with E-state index in [-0.39, 0.29) is 35.8 Å².